The van der Waals surface area contributed by atoms with Crippen LogP contribution in [0.5, 0.6) is 0 Å². The number of Topliss-reactive ketones (excluding diaryl/α,β-unsaturated/α-hetero) is 1. The van der Waals surface area contributed by atoms with Crippen LogP contribution in [0, 0.1) is 45.3 Å². The Hall–Kier alpha value is -0.490. The molecule has 0 radical (unpaired) electrons. The normalized spacial score (nSPS) is 53.4. The third-order valence-electron chi connectivity index (χ3n) is 10.4. The minimum absolute atomic E-state index is 0.0439. The third-order valence-corrected chi connectivity index (χ3v) is 10.4. The molecule has 5 rings (SSSR count). The first kappa shape index (κ1) is 21.4. The number of ketones is 1. The highest BCUT2D eigenvalue weighted by molar-refractivity contribution is 5.95. The number of rotatable bonds is 2. The van der Waals surface area contributed by atoms with E-state index in [1.807, 2.05) is 13.8 Å². The molecule has 0 amide bonds. The second-order valence-electron chi connectivity index (χ2n) is 13.1. The number of fused-ring (bicyclic) bond motifs is 1. The summed E-state index contributed by atoms with van der Waals surface area (Å²) in [5, 5.41) is 22.7. The maximum Gasteiger partial charge on any atom is 0.170 e. The van der Waals surface area contributed by atoms with Crippen molar-refractivity contribution in [3.8, 4) is 0 Å². The lowest BCUT2D eigenvalue weighted by atomic mass is 9.38. The molecule has 5 nitrogen and oxygen atoms in total. The van der Waals surface area contributed by atoms with E-state index < -0.39 is 28.5 Å². The van der Waals surface area contributed by atoms with E-state index in [4.69, 9.17) is 9.47 Å². The number of carbonyl (C=O) groups excluding carboxylic acids is 1. The molecule has 0 aromatic heterocycles. The molecule has 4 aliphatic carbocycles. The summed E-state index contributed by atoms with van der Waals surface area (Å²) in [6.07, 6.45) is 4.07. The van der Waals surface area contributed by atoms with Gasteiger partial charge >= 0.3 is 0 Å². The molecule has 2 spiro atoms. The van der Waals surface area contributed by atoms with Crippen molar-refractivity contribution in [1.29, 1.82) is 0 Å². The highest BCUT2D eigenvalue weighted by Gasteiger charge is 2.84. The molecule has 170 valence electrons. The first-order valence-corrected chi connectivity index (χ1v) is 11.9. The summed E-state index contributed by atoms with van der Waals surface area (Å²) >= 11 is 0. The van der Waals surface area contributed by atoms with E-state index in [-0.39, 0.29) is 40.3 Å². The van der Waals surface area contributed by atoms with E-state index in [0.29, 0.717) is 13.0 Å². The monoisotopic (exact) mass is 420 g/mol. The van der Waals surface area contributed by atoms with Crippen molar-refractivity contribution in [2.75, 3.05) is 6.61 Å². The second-order valence-corrected chi connectivity index (χ2v) is 13.1. The van der Waals surface area contributed by atoms with Crippen molar-refractivity contribution >= 4 is 5.78 Å². The van der Waals surface area contributed by atoms with Crippen LogP contribution in [0.25, 0.3) is 0 Å². The largest absolute Gasteiger partial charge is 0.366 e. The highest BCUT2D eigenvalue weighted by atomic mass is 16.6. The van der Waals surface area contributed by atoms with Crippen molar-refractivity contribution in [3.63, 3.8) is 0 Å². The third kappa shape index (κ3) is 2.26. The van der Waals surface area contributed by atoms with Crippen LogP contribution in [0.1, 0.15) is 80.6 Å². The SMILES string of the molecule is C[C@@H]1[C@H]2C[C@@]3(O)OC[C@@]45CCCC(C)(C)[C@H]4C[C@@H](OC(C)(C)O)[C@]1(C(=O)C2(C)C)[C@H]53. The van der Waals surface area contributed by atoms with E-state index in [9.17, 15) is 15.0 Å². The molecule has 5 aliphatic rings. The Balaban J connectivity index is 1.77. The highest BCUT2D eigenvalue weighted by Crippen LogP contribution is 2.79. The lowest BCUT2D eigenvalue weighted by molar-refractivity contribution is -0.317. The molecule has 1 aliphatic heterocycles. The van der Waals surface area contributed by atoms with Gasteiger partial charge in [0.25, 0.3) is 0 Å². The van der Waals surface area contributed by atoms with Crippen LogP contribution in [0.2, 0.25) is 0 Å². The predicted octanol–water partition coefficient (Wildman–Crippen LogP) is 3.90. The maximum atomic E-state index is 14.3. The van der Waals surface area contributed by atoms with Crippen LogP contribution in [-0.2, 0) is 14.3 Å². The molecule has 1 heterocycles. The minimum Gasteiger partial charge on any atom is -0.366 e. The smallest absolute Gasteiger partial charge is 0.170 e. The molecule has 0 unspecified atom stereocenters. The zero-order valence-corrected chi connectivity index (χ0v) is 19.7. The summed E-state index contributed by atoms with van der Waals surface area (Å²) in [6, 6.07) is 0. The van der Waals surface area contributed by atoms with Crippen molar-refractivity contribution < 1.29 is 24.5 Å². The molecule has 0 aromatic carbocycles. The van der Waals surface area contributed by atoms with Crippen LogP contribution < -0.4 is 0 Å². The Bertz CT molecular complexity index is 781. The van der Waals surface area contributed by atoms with Crippen LogP contribution in [0.15, 0.2) is 0 Å². The lowest BCUT2D eigenvalue weighted by Crippen LogP contribution is -2.70. The van der Waals surface area contributed by atoms with Crippen molar-refractivity contribution in [3.05, 3.63) is 0 Å². The summed E-state index contributed by atoms with van der Waals surface area (Å²) in [5.74, 6) is -2.26. The minimum atomic E-state index is -1.34. The quantitative estimate of drug-likeness (QED) is 0.663. The molecule has 30 heavy (non-hydrogen) atoms. The molecule has 5 fully saturated rings. The number of hydrogen-bond donors (Lipinski definition) is 2. The van der Waals surface area contributed by atoms with Crippen LogP contribution in [0.4, 0.5) is 0 Å². The number of carbonyl (C=O) groups is 1. The van der Waals surface area contributed by atoms with E-state index in [1.54, 1.807) is 13.8 Å². The molecule has 1 saturated heterocycles. The lowest BCUT2D eigenvalue weighted by Gasteiger charge is -2.66. The van der Waals surface area contributed by atoms with Gasteiger partial charge in [-0.25, -0.2) is 0 Å². The fourth-order valence-electron chi connectivity index (χ4n) is 9.53. The Morgan fingerprint density at radius 3 is 2.47 bits per heavy atom. The fraction of sp³-hybridized carbons (Fsp3) is 0.960. The van der Waals surface area contributed by atoms with E-state index in [2.05, 4.69) is 20.8 Å². The standard InChI is InChI=1S/C25H40O5/c1-14-15-12-24(28)18-23(13-29-24)10-8-9-20(2,3)16(23)11-17(30-22(6,7)27)25(14,18)19(26)21(15,4)5/h14-18,27-28H,8-13H2,1-7H3/t14-,15-,16-,17-,18-,23+,24-,25+/m1/s1. The topological polar surface area (TPSA) is 76.0 Å². The summed E-state index contributed by atoms with van der Waals surface area (Å²) in [6.45, 7) is 14.8. The molecule has 2 bridgehead atoms. The molecule has 5 heteroatoms. The van der Waals surface area contributed by atoms with Crippen molar-refractivity contribution in [1.82, 2.24) is 0 Å². The Morgan fingerprint density at radius 2 is 1.83 bits per heavy atom. The molecular weight excluding hydrogens is 380 g/mol. The van der Waals surface area contributed by atoms with E-state index >= 15 is 0 Å². The van der Waals surface area contributed by atoms with Crippen LogP contribution in [0.3, 0.4) is 0 Å². The molecule has 8 atom stereocenters. The molecule has 2 N–H and O–H groups in total. The summed E-state index contributed by atoms with van der Waals surface area (Å²) in [7, 11) is 0. The first-order valence-electron chi connectivity index (χ1n) is 11.9. The number of hydrogen-bond acceptors (Lipinski definition) is 5. The average Bonchev–Trinajstić information content (AvgIpc) is 2.94. The Labute approximate surface area is 180 Å². The molecule has 0 aromatic rings. The van der Waals surface area contributed by atoms with E-state index in [1.165, 1.54) is 0 Å². The van der Waals surface area contributed by atoms with Crippen molar-refractivity contribution in [2.24, 2.45) is 45.3 Å². The van der Waals surface area contributed by atoms with Gasteiger partial charge in [0.15, 0.2) is 11.6 Å². The fourth-order valence-corrected chi connectivity index (χ4v) is 9.53. The van der Waals surface area contributed by atoms with Gasteiger partial charge in [0.05, 0.1) is 18.1 Å². The zero-order valence-electron chi connectivity index (χ0n) is 19.7. The Morgan fingerprint density at radius 1 is 1.17 bits per heavy atom. The van der Waals surface area contributed by atoms with Gasteiger partial charge in [-0.15, -0.1) is 0 Å². The summed E-state index contributed by atoms with van der Waals surface area (Å²) in [4.78, 5) is 14.3. The Kier molecular flexibility index (Phi) is 4.06. The van der Waals surface area contributed by atoms with Gasteiger partial charge in [-0.3, -0.25) is 4.79 Å². The first-order chi connectivity index (χ1) is 13.6. The van der Waals surface area contributed by atoms with E-state index in [0.717, 1.165) is 25.7 Å². The molecule has 4 saturated carbocycles. The maximum absolute atomic E-state index is 14.3. The van der Waals surface area contributed by atoms with Gasteiger partial charge in [0, 0.05) is 23.2 Å². The summed E-state index contributed by atoms with van der Waals surface area (Å²) < 4.78 is 12.7. The summed E-state index contributed by atoms with van der Waals surface area (Å²) in [5.41, 5.74) is -1.48. The number of aliphatic hydroxyl groups is 2. The zero-order chi connectivity index (χ0) is 22.1. The van der Waals surface area contributed by atoms with Gasteiger partial charge < -0.3 is 19.7 Å². The number of ether oxygens (including phenoxy) is 2. The van der Waals surface area contributed by atoms with Gasteiger partial charge in [0.1, 0.15) is 5.78 Å². The average molecular weight is 421 g/mol. The van der Waals surface area contributed by atoms with Gasteiger partial charge in [0.2, 0.25) is 0 Å². The predicted molar refractivity (Wildman–Crippen MR) is 112 cm³/mol. The molecular formula is C25H40O5. The van der Waals surface area contributed by atoms with Crippen molar-refractivity contribution in [2.45, 2.75) is 98.2 Å². The van der Waals surface area contributed by atoms with Gasteiger partial charge in [-0.1, -0.05) is 41.0 Å². The second kappa shape index (κ2) is 5.70. The van der Waals surface area contributed by atoms with Gasteiger partial charge in [-0.05, 0) is 56.3 Å². The van der Waals surface area contributed by atoms with Gasteiger partial charge in [-0.2, -0.15) is 0 Å². The van der Waals surface area contributed by atoms with Crippen LogP contribution >= 0.6 is 0 Å². The van der Waals surface area contributed by atoms with Crippen LogP contribution in [-0.4, -0.2) is 40.3 Å².